The molecule has 0 aliphatic rings. The van der Waals surface area contributed by atoms with Gasteiger partial charge in [0.1, 0.15) is 0 Å². The Morgan fingerprint density at radius 2 is 1.79 bits per heavy atom. The summed E-state index contributed by atoms with van der Waals surface area (Å²) in [7, 11) is 0. The van der Waals surface area contributed by atoms with Gasteiger partial charge in [0.15, 0.2) is 16.7 Å². The van der Waals surface area contributed by atoms with E-state index < -0.39 is 0 Å². The number of carbonyl (C=O) groups excluding carboxylic acids is 1. The van der Waals surface area contributed by atoms with Crippen LogP contribution < -0.4 is 0 Å². The van der Waals surface area contributed by atoms with Crippen LogP contribution in [0.3, 0.4) is 0 Å². The van der Waals surface area contributed by atoms with Crippen LogP contribution in [0.4, 0.5) is 0 Å². The second kappa shape index (κ2) is 9.52. The summed E-state index contributed by atoms with van der Waals surface area (Å²) in [5, 5.41) is 6.53. The van der Waals surface area contributed by atoms with Crippen LogP contribution in [0.5, 0.6) is 0 Å². The van der Waals surface area contributed by atoms with E-state index in [1.165, 1.54) is 11.8 Å². The van der Waals surface area contributed by atoms with Crippen molar-refractivity contribution in [1.82, 2.24) is 15.1 Å². The molecule has 0 atom stereocenters. The van der Waals surface area contributed by atoms with Gasteiger partial charge in [0, 0.05) is 17.8 Å². The van der Waals surface area contributed by atoms with E-state index in [-0.39, 0.29) is 11.5 Å². The molecule has 0 amide bonds. The highest BCUT2D eigenvalue weighted by atomic mass is 32.2. The van der Waals surface area contributed by atoms with E-state index in [1.54, 1.807) is 17.5 Å². The molecule has 0 saturated carbocycles. The van der Waals surface area contributed by atoms with Crippen molar-refractivity contribution in [2.24, 2.45) is 0 Å². The molecular formula is C26H19N3O2S2. The number of thiophene rings is 1. The van der Waals surface area contributed by atoms with Crippen LogP contribution >= 0.6 is 23.1 Å². The maximum absolute atomic E-state index is 12.8. The third-order valence-electron chi connectivity index (χ3n) is 5.06. The summed E-state index contributed by atoms with van der Waals surface area (Å²) in [6.07, 6.45) is 1.74. The van der Waals surface area contributed by atoms with Crippen LogP contribution in [0.2, 0.25) is 0 Å². The Labute approximate surface area is 199 Å². The number of aryl methyl sites for hydroxylation is 1. The monoisotopic (exact) mass is 469 g/mol. The standard InChI is InChI=1S/C26H19N3O2S2/c1-17-14-23(31-29-17)21-15-27-26(28-25(21)24-8-5-13-32-24)33-16-22(30)20-11-9-19(10-12-20)18-6-3-2-4-7-18/h2-15H,16H2,1H3. The Hall–Kier alpha value is -3.55. The molecular weight excluding hydrogens is 450 g/mol. The van der Waals surface area contributed by atoms with Gasteiger partial charge in [-0.3, -0.25) is 4.79 Å². The fourth-order valence-electron chi connectivity index (χ4n) is 3.40. The minimum absolute atomic E-state index is 0.0378. The lowest BCUT2D eigenvalue weighted by Gasteiger charge is -2.07. The first kappa shape index (κ1) is 21.3. The molecule has 33 heavy (non-hydrogen) atoms. The summed E-state index contributed by atoms with van der Waals surface area (Å²) in [4.78, 5) is 23.0. The Kier molecular flexibility index (Phi) is 6.15. The third kappa shape index (κ3) is 4.79. The van der Waals surface area contributed by atoms with E-state index in [0.717, 1.165) is 33.0 Å². The van der Waals surface area contributed by atoms with E-state index in [1.807, 2.05) is 73.0 Å². The van der Waals surface area contributed by atoms with E-state index in [2.05, 4.69) is 22.3 Å². The Morgan fingerprint density at radius 1 is 1.00 bits per heavy atom. The van der Waals surface area contributed by atoms with Crippen molar-refractivity contribution in [3.8, 4) is 33.0 Å². The number of ketones is 1. The molecule has 0 unspecified atom stereocenters. The number of carbonyl (C=O) groups is 1. The lowest BCUT2D eigenvalue weighted by molar-refractivity contribution is 0.102. The van der Waals surface area contributed by atoms with Crippen molar-refractivity contribution in [3.63, 3.8) is 0 Å². The zero-order chi connectivity index (χ0) is 22.6. The smallest absolute Gasteiger partial charge is 0.188 e. The van der Waals surface area contributed by atoms with Gasteiger partial charge in [-0.05, 0) is 29.5 Å². The van der Waals surface area contributed by atoms with Crippen LogP contribution in [0.1, 0.15) is 16.1 Å². The summed E-state index contributed by atoms with van der Waals surface area (Å²) in [5.41, 5.74) is 5.24. The number of thioether (sulfide) groups is 1. The number of Topliss-reactive ketones (excluding diaryl/α,β-unsaturated/α-hetero) is 1. The molecule has 0 saturated heterocycles. The maximum atomic E-state index is 12.8. The van der Waals surface area contributed by atoms with Crippen LogP contribution in [-0.2, 0) is 0 Å². The van der Waals surface area contributed by atoms with Crippen molar-refractivity contribution in [1.29, 1.82) is 0 Å². The molecule has 3 aromatic heterocycles. The van der Waals surface area contributed by atoms with Crippen molar-refractivity contribution >= 4 is 28.9 Å². The van der Waals surface area contributed by atoms with Gasteiger partial charge in [-0.25, -0.2) is 9.97 Å². The first-order valence-corrected chi connectivity index (χ1v) is 12.2. The van der Waals surface area contributed by atoms with Gasteiger partial charge in [0.05, 0.1) is 27.6 Å². The first-order chi connectivity index (χ1) is 16.2. The van der Waals surface area contributed by atoms with Gasteiger partial charge in [0.2, 0.25) is 0 Å². The minimum atomic E-state index is 0.0378. The summed E-state index contributed by atoms with van der Waals surface area (Å²) in [6, 6.07) is 23.7. The molecule has 0 spiro atoms. The average molecular weight is 470 g/mol. The van der Waals surface area contributed by atoms with Crippen LogP contribution in [0.15, 0.2) is 94.1 Å². The summed E-state index contributed by atoms with van der Waals surface area (Å²) in [6.45, 7) is 1.88. The average Bonchev–Trinajstić information content (AvgIpc) is 3.55. The maximum Gasteiger partial charge on any atom is 0.188 e. The van der Waals surface area contributed by atoms with Crippen molar-refractivity contribution in [2.75, 3.05) is 5.75 Å². The van der Waals surface area contributed by atoms with Crippen LogP contribution in [-0.4, -0.2) is 26.7 Å². The molecule has 0 aliphatic heterocycles. The van der Waals surface area contributed by atoms with Gasteiger partial charge in [-0.15, -0.1) is 11.3 Å². The van der Waals surface area contributed by atoms with Crippen LogP contribution in [0.25, 0.3) is 33.0 Å². The fraction of sp³-hybridized carbons (Fsp3) is 0.0769. The molecule has 0 bridgehead atoms. The number of benzene rings is 2. The topological polar surface area (TPSA) is 68.9 Å². The number of aromatic nitrogens is 3. The highest BCUT2D eigenvalue weighted by Crippen LogP contribution is 2.34. The quantitative estimate of drug-likeness (QED) is 0.148. The summed E-state index contributed by atoms with van der Waals surface area (Å²) < 4.78 is 5.44. The van der Waals surface area contributed by atoms with E-state index in [0.29, 0.717) is 16.5 Å². The normalized spacial score (nSPS) is 10.9. The lowest BCUT2D eigenvalue weighted by Crippen LogP contribution is -2.03. The predicted octanol–water partition coefficient (Wildman–Crippen LogP) is 6.81. The van der Waals surface area contributed by atoms with E-state index in [9.17, 15) is 4.79 Å². The highest BCUT2D eigenvalue weighted by Gasteiger charge is 2.17. The first-order valence-electron chi connectivity index (χ1n) is 10.3. The van der Waals surface area contributed by atoms with E-state index in [4.69, 9.17) is 9.51 Å². The largest absolute Gasteiger partial charge is 0.356 e. The van der Waals surface area contributed by atoms with E-state index >= 15 is 0 Å². The Bertz CT molecular complexity index is 1380. The van der Waals surface area contributed by atoms with Crippen molar-refractivity contribution in [2.45, 2.75) is 12.1 Å². The summed E-state index contributed by atoms with van der Waals surface area (Å²) >= 11 is 2.92. The number of rotatable bonds is 7. The molecule has 0 radical (unpaired) electrons. The molecule has 0 N–H and O–H groups in total. The highest BCUT2D eigenvalue weighted by molar-refractivity contribution is 7.99. The minimum Gasteiger partial charge on any atom is -0.356 e. The molecule has 5 nitrogen and oxygen atoms in total. The zero-order valence-corrected chi connectivity index (χ0v) is 19.4. The van der Waals surface area contributed by atoms with Crippen molar-refractivity contribution < 1.29 is 9.32 Å². The lowest BCUT2D eigenvalue weighted by atomic mass is 10.0. The van der Waals surface area contributed by atoms with Gasteiger partial charge in [-0.2, -0.15) is 0 Å². The SMILES string of the molecule is Cc1cc(-c2cnc(SCC(=O)c3ccc(-c4ccccc4)cc3)nc2-c2cccs2)on1. The summed E-state index contributed by atoms with van der Waals surface area (Å²) in [5.74, 6) is 0.924. The molecule has 5 rings (SSSR count). The van der Waals surface area contributed by atoms with Gasteiger partial charge in [0.25, 0.3) is 0 Å². The number of hydrogen-bond donors (Lipinski definition) is 0. The van der Waals surface area contributed by atoms with Gasteiger partial charge in [-0.1, -0.05) is 77.6 Å². The second-order valence-electron chi connectivity index (χ2n) is 7.38. The second-order valence-corrected chi connectivity index (χ2v) is 9.27. The zero-order valence-electron chi connectivity index (χ0n) is 17.8. The van der Waals surface area contributed by atoms with Crippen molar-refractivity contribution in [3.05, 3.63) is 95.6 Å². The van der Waals surface area contributed by atoms with Crippen LogP contribution in [0, 0.1) is 6.92 Å². The molecule has 2 aromatic carbocycles. The third-order valence-corrected chi connectivity index (χ3v) is 6.80. The molecule has 0 fully saturated rings. The number of nitrogens with zero attached hydrogens (tertiary/aromatic N) is 3. The molecule has 3 heterocycles. The molecule has 162 valence electrons. The fourth-order valence-corrected chi connectivity index (χ4v) is 4.84. The number of hydrogen-bond acceptors (Lipinski definition) is 7. The van der Waals surface area contributed by atoms with Gasteiger partial charge < -0.3 is 4.52 Å². The molecule has 0 aliphatic carbocycles. The Balaban J connectivity index is 1.33. The predicted molar refractivity (Wildman–Crippen MR) is 133 cm³/mol. The molecule has 7 heteroatoms. The molecule has 5 aromatic rings. The van der Waals surface area contributed by atoms with Gasteiger partial charge >= 0.3 is 0 Å². The Morgan fingerprint density at radius 3 is 2.48 bits per heavy atom.